The number of nitrogens with zero attached hydrogens (tertiary/aromatic N) is 15. The van der Waals surface area contributed by atoms with Crippen LogP contribution in [-0.4, -0.2) is 163 Å². The predicted octanol–water partition coefficient (Wildman–Crippen LogP) is 13.6. The second-order valence-corrected chi connectivity index (χ2v) is 29.0. The van der Waals surface area contributed by atoms with Crippen molar-refractivity contribution in [3.63, 3.8) is 0 Å². The predicted molar refractivity (Wildman–Crippen MR) is 440 cm³/mol. The third-order valence-electron chi connectivity index (χ3n) is 21.5. The fourth-order valence-electron chi connectivity index (χ4n) is 15.3. The highest BCUT2D eigenvalue weighted by molar-refractivity contribution is 6.02. The first-order chi connectivity index (χ1) is 56.1. The minimum Gasteiger partial charge on any atom is -0.497 e. The van der Waals surface area contributed by atoms with E-state index in [1.165, 1.54) is 61.5 Å². The first kappa shape index (κ1) is 80.5. The van der Waals surface area contributed by atoms with Crippen LogP contribution in [-0.2, 0) is 33.6 Å². The van der Waals surface area contributed by atoms with Crippen molar-refractivity contribution in [2.75, 3.05) is 70.7 Å². The minimum atomic E-state index is -0.411. The Morgan fingerprint density at radius 3 is 1.13 bits per heavy atom. The number of methoxy groups -OCH3 is 2. The van der Waals surface area contributed by atoms with E-state index in [4.69, 9.17) is 42.0 Å². The van der Waals surface area contributed by atoms with E-state index in [1.54, 1.807) is 66.2 Å². The van der Waals surface area contributed by atoms with E-state index in [2.05, 4.69) is 49.6 Å². The standard InChI is InChI=1S/C30H32N6O4.2C29H29FN6O2/c1-4-26(38)35-13-5-6-22(17-35)36-30-27(29(31)32-18-33-30)28(34-36)20-10-7-19(8-11-20)9-12-25(37)21-14-23(39-2)16-24(15-21)40-3;1-3-25(38)35-14-4-5-22(16-35)36-29-26(28(31)32-17-33-29)27(34-36)20-10-7-19(8-11-20)9-13-24(37)23-15-21(30)12-6-18(23)2;1-3-25(38)35-14-4-5-22(16-35)36-29-26(28(31)32-17-33-29)27(34-36)20-9-6-19(7-10-20)8-13-24(37)23-12-11-21(30)15-18(23)2/h4,7-8,10-11,14-16,18,22H,1,5-6,9,12-13,17H2,2-3H3,(H2,31,32,33);3,6-8,10-12,15,17,22H,1,4-5,9,13-14,16H2,2H3,(H2,31,32,33);3,6-7,9-12,15,17,22H,1,4-5,8,13-14,16H2,2H3,(H2,31,32,33)/t3*22-/m111/s1. The summed E-state index contributed by atoms with van der Waals surface area (Å²) in [5, 5.41) is 16.8. The molecule has 6 aromatic heterocycles. The zero-order chi connectivity index (χ0) is 81.8. The summed E-state index contributed by atoms with van der Waals surface area (Å²) in [5.41, 5.74) is 31.3. The van der Waals surface area contributed by atoms with Crippen molar-refractivity contribution in [2.24, 2.45) is 0 Å². The van der Waals surface area contributed by atoms with Gasteiger partial charge in [-0.1, -0.05) is 98.6 Å². The topological polar surface area (TPSA) is 339 Å². The number of Topliss-reactive ketones (excluding diaryl/α,β-unsaturated/α-hetero) is 3. The Bertz CT molecular complexity index is 5700. The Morgan fingerprint density at radius 2 is 0.776 bits per heavy atom. The number of amides is 3. The summed E-state index contributed by atoms with van der Waals surface area (Å²) in [6.45, 7) is 18.0. The Hall–Kier alpha value is -13.5. The Morgan fingerprint density at radius 1 is 0.431 bits per heavy atom. The molecule has 3 aliphatic heterocycles. The highest BCUT2D eigenvalue weighted by Gasteiger charge is 2.32. The van der Waals surface area contributed by atoms with Gasteiger partial charge < -0.3 is 41.4 Å². The van der Waals surface area contributed by atoms with Gasteiger partial charge in [0.25, 0.3) is 0 Å². The molecule has 0 aliphatic carbocycles. The third-order valence-corrected chi connectivity index (χ3v) is 21.5. The number of carbonyl (C=O) groups is 6. The molecule has 3 amide bonds. The smallest absolute Gasteiger partial charge is 0.246 e. The SMILES string of the molecule is C=CC(=O)N1CCC[C@@H](n2nc(-c3ccc(CCC(=O)c4cc(F)ccc4C)cc3)c3c(N)ncnc32)C1.C=CC(=O)N1CCC[C@@H](n2nc(-c3ccc(CCC(=O)c4cc(OC)cc(OC)c4)cc3)c3c(N)ncnc32)C1.C=CC(=O)N1CCC[C@@H](n2nc(-c3ccc(CCC(=O)c4ccc(F)cc4C)cc3)c3c(N)ncnc32)C1. The summed E-state index contributed by atoms with van der Waals surface area (Å²) in [6.07, 6.45) is 16.1. The van der Waals surface area contributed by atoms with Crippen LogP contribution in [0.4, 0.5) is 26.2 Å². The molecular formula is C88H90F2N18O8. The molecule has 594 valence electrons. The maximum Gasteiger partial charge on any atom is 0.246 e. The molecule has 6 N–H and O–H groups in total. The van der Waals surface area contributed by atoms with Gasteiger partial charge >= 0.3 is 0 Å². The first-order valence-electron chi connectivity index (χ1n) is 38.5. The lowest BCUT2D eigenvalue weighted by Crippen LogP contribution is -2.40. The number of aromatic nitrogens is 12. The van der Waals surface area contributed by atoms with Gasteiger partial charge in [0.05, 0.1) is 48.5 Å². The van der Waals surface area contributed by atoms with Gasteiger partial charge in [-0.3, -0.25) is 28.8 Å². The van der Waals surface area contributed by atoms with Crippen molar-refractivity contribution < 1.29 is 47.0 Å². The minimum absolute atomic E-state index is 0.00685. The average molecular weight is 1570 g/mol. The number of benzene rings is 6. The molecular weight excluding hydrogens is 1480 g/mol. The number of fused-ring (bicyclic) bond motifs is 3. The summed E-state index contributed by atoms with van der Waals surface area (Å²) < 4.78 is 43.2. The Balaban J connectivity index is 0.000000151. The van der Waals surface area contributed by atoms with Gasteiger partial charge in [0, 0.05) is 98.0 Å². The van der Waals surface area contributed by atoms with Crippen LogP contribution in [0.2, 0.25) is 0 Å². The lowest BCUT2D eigenvalue weighted by molar-refractivity contribution is -0.128. The fraction of sp³-hybridized carbons (Fsp3) is 0.284. The molecule has 116 heavy (non-hydrogen) atoms. The van der Waals surface area contributed by atoms with Crippen molar-refractivity contribution in [1.82, 2.24) is 73.9 Å². The number of halogens is 2. The fourth-order valence-corrected chi connectivity index (χ4v) is 15.3. The van der Waals surface area contributed by atoms with Crippen LogP contribution in [0.1, 0.15) is 135 Å². The number of hydrogen-bond acceptors (Lipinski definition) is 20. The van der Waals surface area contributed by atoms with Crippen molar-refractivity contribution in [2.45, 2.75) is 109 Å². The lowest BCUT2D eigenvalue weighted by Gasteiger charge is -2.32. The summed E-state index contributed by atoms with van der Waals surface area (Å²) in [7, 11) is 3.12. The van der Waals surface area contributed by atoms with Gasteiger partial charge in [0.1, 0.15) is 76.7 Å². The van der Waals surface area contributed by atoms with Crippen LogP contribution in [0.5, 0.6) is 11.5 Å². The van der Waals surface area contributed by atoms with E-state index in [9.17, 15) is 37.5 Å². The number of anilines is 3. The van der Waals surface area contributed by atoms with Crippen molar-refractivity contribution >= 4 is 85.6 Å². The number of piperidine rings is 3. The zero-order valence-corrected chi connectivity index (χ0v) is 65.1. The molecule has 28 heteroatoms. The van der Waals surface area contributed by atoms with Gasteiger partial charge in [-0.2, -0.15) is 15.3 Å². The molecule has 3 saturated heterocycles. The van der Waals surface area contributed by atoms with Gasteiger partial charge in [0.2, 0.25) is 17.7 Å². The number of hydrogen-bond donors (Lipinski definition) is 3. The Kier molecular flexibility index (Phi) is 25.0. The molecule has 3 atom stereocenters. The molecule has 6 aromatic carbocycles. The Labute approximate surface area is 668 Å². The number of aryl methyl sites for hydroxylation is 5. The summed E-state index contributed by atoms with van der Waals surface area (Å²) in [6, 6.07) is 37.2. The first-order valence-corrected chi connectivity index (χ1v) is 38.5. The molecule has 15 rings (SSSR count). The van der Waals surface area contributed by atoms with Crippen LogP contribution < -0.4 is 26.7 Å². The average Bonchev–Trinajstić information content (AvgIpc) is 1.62. The van der Waals surface area contributed by atoms with E-state index in [1.807, 2.05) is 93.8 Å². The number of nitrogens with two attached hydrogens (primary N) is 3. The molecule has 12 aromatic rings. The van der Waals surface area contributed by atoms with Gasteiger partial charge in [-0.25, -0.2) is 52.7 Å². The maximum atomic E-state index is 13.6. The van der Waals surface area contributed by atoms with E-state index in [-0.39, 0.29) is 65.4 Å². The maximum absolute atomic E-state index is 13.6. The molecule has 0 unspecified atom stereocenters. The van der Waals surface area contributed by atoms with Crippen LogP contribution >= 0.6 is 0 Å². The number of ketones is 3. The monoisotopic (exact) mass is 1560 g/mol. The summed E-state index contributed by atoms with van der Waals surface area (Å²) >= 11 is 0. The largest absolute Gasteiger partial charge is 0.497 e. The van der Waals surface area contributed by atoms with E-state index in [0.717, 1.165) is 77.5 Å². The molecule has 0 radical (unpaired) electrons. The van der Waals surface area contributed by atoms with Crippen molar-refractivity contribution in [3.8, 4) is 45.3 Å². The van der Waals surface area contributed by atoms with Crippen LogP contribution in [0.25, 0.3) is 66.9 Å². The molecule has 3 fully saturated rings. The zero-order valence-electron chi connectivity index (χ0n) is 65.1. The molecule has 26 nitrogen and oxygen atoms in total. The van der Waals surface area contributed by atoms with Gasteiger partial charge in [0.15, 0.2) is 34.3 Å². The number of likely N-dealkylation sites (tertiary alicyclic amines) is 3. The van der Waals surface area contributed by atoms with Crippen molar-refractivity contribution in [3.05, 3.63) is 240 Å². The number of carbonyl (C=O) groups excluding carboxylic acids is 6. The van der Waals surface area contributed by atoms with E-state index >= 15 is 0 Å². The molecule has 9 heterocycles. The van der Waals surface area contributed by atoms with E-state index in [0.29, 0.717) is 173 Å². The molecule has 3 aliphatic rings. The van der Waals surface area contributed by atoms with Crippen LogP contribution in [0.3, 0.4) is 0 Å². The molecule has 0 bridgehead atoms. The normalized spacial score (nSPS) is 15.4. The van der Waals surface area contributed by atoms with Crippen LogP contribution in [0, 0.1) is 25.5 Å². The quantitative estimate of drug-likeness (QED) is 0.0395. The number of rotatable bonds is 23. The molecule has 0 spiro atoms. The number of ether oxygens (including phenoxy) is 2. The van der Waals surface area contributed by atoms with Crippen molar-refractivity contribution in [1.29, 1.82) is 0 Å². The van der Waals surface area contributed by atoms with Crippen LogP contribution in [0.15, 0.2) is 184 Å². The van der Waals surface area contributed by atoms with E-state index < -0.39 is 5.82 Å². The van der Waals surface area contributed by atoms with Gasteiger partial charge in [-0.15, -0.1) is 0 Å². The second-order valence-electron chi connectivity index (χ2n) is 29.0. The summed E-state index contributed by atoms with van der Waals surface area (Å²) in [5.74, 6) is 1.06. The van der Waals surface area contributed by atoms with Gasteiger partial charge in [-0.05, 0) is 160 Å². The lowest BCUT2D eigenvalue weighted by atomic mass is 9.98. The molecule has 0 saturated carbocycles. The highest BCUT2D eigenvalue weighted by Crippen LogP contribution is 2.39. The third kappa shape index (κ3) is 17.9. The summed E-state index contributed by atoms with van der Waals surface area (Å²) in [4.78, 5) is 106. The second kappa shape index (κ2) is 36.1. The number of nitrogen functional groups attached to an aromatic ring is 3. The highest BCUT2D eigenvalue weighted by atomic mass is 19.1.